The predicted molar refractivity (Wildman–Crippen MR) is 91.7 cm³/mol. The Morgan fingerprint density at radius 2 is 1.95 bits per heavy atom. The molecule has 3 nitrogen and oxygen atoms in total. The average Bonchev–Trinajstić information content (AvgIpc) is 2.86. The van der Waals surface area contributed by atoms with Crippen molar-refractivity contribution in [3.63, 3.8) is 0 Å². The summed E-state index contributed by atoms with van der Waals surface area (Å²) >= 11 is 3.63. The van der Waals surface area contributed by atoms with Crippen molar-refractivity contribution in [3.8, 4) is 0 Å². The Kier molecular flexibility index (Phi) is 5.59. The molecule has 0 aliphatic heterocycles. The van der Waals surface area contributed by atoms with Crippen LogP contribution in [0.2, 0.25) is 0 Å². The van der Waals surface area contributed by atoms with E-state index < -0.39 is 0 Å². The van der Waals surface area contributed by atoms with Gasteiger partial charge in [-0.25, -0.2) is 0 Å². The molecule has 0 spiro atoms. The maximum Gasteiger partial charge on any atom is 0.0673 e. The summed E-state index contributed by atoms with van der Waals surface area (Å²) < 4.78 is 3.31. The minimum absolute atomic E-state index is 0.336. The van der Waals surface area contributed by atoms with Gasteiger partial charge in [0.15, 0.2) is 0 Å². The van der Waals surface area contributed by atoms with Gasteiger partial charge >= 0.3 is 0 Å². The maximum absolute atomic E-state index is 4.86. The molecule has 1 aromatic carbocycles. The zero-order valence-electron chi connectivity index (χ0n) is 13.3. The molecule has 0 fully saturated rings. The molecule has 0 saturated carbocycles. The van der Waals surface area contributed by atoms with Crippen molar-refractivity contribution >= 4 is 15.9 Å². The van der Waals surface area contributed by atoms with Crippen LogP contribution in [0.15, 0.2) is 28.7 Å². The van der Waals surface area contributed by atoms with Gasteiger partial charge in [0.05, 0.1) is 12.2 Å². The van der Waals surface area contributed by atoms with Crippen LogP contribution in [-0.2, 0) is 19.4 Å². The highest BCUT2D eigenvalue weighted by Crippen LogP contribution is 2.25. The van der Waals surface area contributed by atoms with Crippen molar-refractivity contribution in [3.05, 3.63) is 51.3 Å². The molecule has 4 heteroatoms. The van der Waals surface area contributed by atoms with Crippen molar-refractivity contribution in [2.45, 2.75) is 46.2 Å². The molecule has 21 heavy (non-hydrogen) atoms. The van der Waals surface area contributed by atoms with E-state index in [1.54, 1.807) is 0 Å². The van der Waals surface area contributed by atoms with Crippen LogP contribution in [0.25, 0.3) is 0 Å². The molecule has 1 unspecified atom stereocenters. The SMILES string of the molecule is CCc1nn(Cc2ccccc2Br)c(CC)c1C(C)NC. The third-order valence-corrected chi connectivity index (χ3v) is 4.76. The zero-order chi connectivity index (χ0) is 15.4. The molecule has 1 atom stereocenters. The smallest absolute Gasteiger partial charge is 0.0673 e. The highest BCUT2D eigenvalue weighted by Gasteiger charge is 2.19. The highest BCUT2D eigenvalue weighted by molar-refractivity contribution is 9.10. The van der Waals surface area contributed by atoms with E-state index >= 15 is 0 Å². The van der Waals surface area contributed by atoms with Gasteiger partial charge in [-0.2, -0.15) is 5.10 Å². The summed E-state index contributed by atoms with van der Waals surface area (Å²) in [4.78, 5) is 0. The molecule has 114 valence electrons. The predicted octanol–water partition coefficient (Wildman–Crippen LogP) is 4.10. The molecular weight excluding hydrogens is 326 g/mol. The van der Waals surface area contributed by atoms with Gasteiger partial charge in [0.25, 0.3) is 0 Å². The van der Waals surface area contributed by atoms with E-state index in [-0.39, 0.29) is 0 Å². The second-order valence-corrected chi connectivity index (χ2v) is 6.13. The van der Waals surface area contributed by atoms with Crippen molar-refractivity contribution < 1.29 is 0 Å². The molecule has 2 aromatic rings. The van der Waals surface area contributed by atoms with Crippen LogP contribution in [0.4, 0.5) is 0 Å². The molecular formula is C17H24BrN3. The standard InChI is InChI=1S/C17H24BrN3/c1-5-15-17(12(3)19-4)16(6-2)21(20-15)11-13-9-7-8-10-14(13)18/h7-10,12,19H,5-6,11H2,1-4H3. The molecule has 1 heterocycles. The third kappa shape index (κ3) is 3.38. The van der Waals surface area contributed by atoms with Gasteiger partial charge in [0.1, 0.15) is 0 Å². The van der Waals surface area contributed by atoms with Crippen molar-refractivity contribution in [2.24, 2.45) is 0 Å². The molecule has 0 aliphatic carbocycles. The van der Waals surface area contributed by atoms with Crippen LogP contribution in [-0.4, -0.2) is 16.8 Å². The van der Waals surface area contributed by atoms with Crippen LogP contribution >= 0.6 is 15.9 Å². The lowest BCUT2D eigenvalue weighted by atomic mass is 10.0. The summed E-state index contributed by atoms with van der Waals surface area (Å²) in [7, 11) is 2.01. The fourth-order valence-corrected chi connectivity index (χ4v) is 3.17. The Labute approximate surface area is 135 Å². The van der Waals surface area contributed by atoms with Gasteiger partial charge in [-0.05, 0) is 38.4 Å². The summed E-state index contributed by atoms with van der Waals surface area (Å²) in [5.41, 5.74) is 5.18. The van der Waals surface area contributed by atoms with E-state index in [1.807, 2.05) is 13.1 Å². The Morgan fingerprint density at radius 3 is 2.52 bits per heavy atom. The first kappa shape index (κ1) is 16.2. The molecule has 0 amide bonds. The first-order valence-corrected chi connectivity index (χ1v) is 8.40. The summed E-state index contributed by atoms with van der Waals surface area (Å²) in [6.45, 7) is 7.40. The maximum atomic E-state index is 4.86. The molecule has 0 saturated heterocycles. The van der Waals surface area contributed by atoms with E-state index in [0.717, 1.165) is 23.9 Å². The first-order chi connectivity index (χ1) is 10.1. The number of aryl methyl sites for hydroxylation is 1. The Balaban J connectivity index is 2.44. The lowest BCUT2D eigenvalue weighted by Gasteiger charge is -2.14. The number of hydrogen-bond acceptors (Lipinski definition) is 2. The molecule has 0 bridgehead atoms. The highest BCUT2D eigenvalue weighted by atomic mass is 79.9. The first-order valence-electron chi connectivity index (χ1n) is 7.61. The Morgan fingerprint density at radius 1 is 1.24 bits per heavy atom. The monoisotopic (exact) mass is 349 g/mol. The molecule has 1 N–H and O–H groups in total. The minimum atomic E-state index is 0.336. The van der Waals surface area contributed by atoms with E-state index in [0.29, 0.717) is 6.04 Å². The Hall–Kier alpha value is -1.13. The zero-order valence-corrected chi connectivity index (χ0v) is 14.9. The summed E-state index contributed by atoms with van der Waals surface area (Å²) in [6.07, 6.45) is 1.97. The van der Waals surface area contributed by atoms with E-state index in [1.165, 1.54) is 22.5 Å². The summed E-state index contributed by atoms with van der Waals surface area (Å²) in [5, 5.41) is 8.22. The van der Waals surface area contributed by atoms with Crippen LogP contribution in [0.5, 0.6) is 0 Å². The van der Waals surface area contributed by atoms with Gasteiger partial charge in [0.2, 0.25) is 0 Å². The van der Waals surface area contributed by atoms with Crippen LogP contribution in [0.3, 0.4) is 0 Å². The number of nitrogens with one attached hydrogen (secondary N) is 1. The number of rotatable bonds is 6. The van der Waals surface area contributed by atoms with Crippen LogP contribution in [0.1, 0.15) is 49.3 Å². The normalized spacial score (nSPS) is 12.6. The second-order valence-electron chi connectivity index (χ2n) is 5.27. The fourth-order valence-electron chi connectivity index (χ4n) is 2.76. The average molecular weight is 350 g/mol. The third-order valence-electron chi connectivity index (χ3n) is 3.99. The van der Waals surface area contributed by atoms with Gasteiger partial charge in [0, 0.05) is 21.8 Å². The van der Waals surface area contributed by atoms with Crippen LogP contribution < -0.4 is 5.32 Å². The van der Waals surface area contributed by atoms with Crippen LogP contribution in [0, 0.1) is 0 Å². The number of aromatic nitrogens is 2. The van der Waals surface area contributed by atoms with E-state index in [4.69, 9.17) is 5.10 Å². The van der Waals surface area contributed by atoms with Crippen molar-refractivity contribution in [2.75, 3.05) is 7.05 Å². The summed E-state index contributed by atoms with van der Waals surface area (Å²) in [6, 6.07) is 8.69. The number of hydrogen-bond donors (Lipinski definition) is 1. The quantitative estimate of drug-likeness (QED) is 0.850. The Bertz CT molecular complexity index is 604. The molecule has 0 radical (unpaired) electrons. The van der Waals surface area contributed by atoms with E-state index in [9.17, 15) is 0 Å². The van der Waals surface area contributed by atoms with Crippen molar-refractivity contribution in [1.82, 2.24) is 15.1 Å². The molecule has 2 rings (SSSR count). The largest absolute Gasteiger partial charge is 0.313 e. The lowest BCUT2D eigenvalue weighted by molar-refractivity contribution is 0.620. The lowest BCUT2D eigenvalue weighted by Crippen LogP contribution is -2.16. The van der Waals surface area contributed by atoms with E-state index in [2.05, 4.69) is 64.9 Å². The van der Waals surface area contributed by atoms with Gasteiger partial charge in [-0.1, -0.05) is 48.0 Å². The topological polar surface area (TPSA) is 29.9 Å². The van der Waals surface area contributed by atoms with Crippen molar-refractivity contribution in [1.29, 1.82) is 0 Å². The number of halogens is 1. The molecule has 1 aromatic heterocycles. The minimum Gasteiger partial charge on any atom is -0.313 e. The van der Waals surface area contributed by atoms with Gasteiger partial charge < -0.3 is 5.32 Å². The molecule has 0 aliphatic rings. The fraction of sp³-hybridized carbons (Fsp3) is 0.471. The number of benzene rings is 1. The second kappa shape index (κ2) is 7.23. The number of nitrogens with zero attached hydrogens (tertiary/aromatic N) is 2. The van der Waals surface area contributed by atoms with Gasteiger partial charge in [-0.3, -0.25) is 4.68 Å². The van der Waals surface area contributed by atoms with Gasteiger partial charge in [-0.15, -0.1) is 0 Å². The summed E-state index contributed by atoms with van der Waals surface area (Å²) in [5.74, 6) is 0.